The van der Waals surface area contributed by atoms with Crippen LogP contribution in [0.15, 0.2) is 16.7 Å². The Hall–Kier alpha value is -0.800. The molecule has 1 aliphatic rings. The Kier molecular flexibility index (Phi) is 3.44. The molecule has 2 rings (SSSR count). The van der Waals surface area contributed by atoms with Crippen LogP contribution >= 0.6 is 0 Å². The second kappa shape index (κ2) is 4.81. The topological polar surface area (TPSA) is 37.2 Å². The lowest BCUT2D eigenvalue weighted by Crippen LogP contribution is -2.36. The Balaban J connectivity index is 1.65. The molecule has 3 nitrogen and oxygen atoms in total. The number of nitrogens with one attached hydrogen (secondary N) is 2. The van der Waals surface area contributed by atoms with Gasteiger partial charge < -0.3 is 15.1 Å². The van der Waals surface area contributed by atoms with Crippen molar-refractivity contribution in [3.8, 4) is 0 Å². The van der Waals surface area contributed by atoms with E-state index in [1.54, 1.807) is 6.26 Å². The van der Waals surface area contributed by atoms with Crippen molar-refractivity contribution >= 4 is 0 Å². The van der Waals surface area contributed by atoms with Crippen molar-refractivity contribution in [1.82, 2.24) is 10.6 Å². The molecule has 84 valence electrons. The van der Waals surface area contributed by atoms with Gasteiger partial charge in [0.25, 0.3) is 0 Å². The van der Waals surface area contributed by atoms with Gasteiger partial charge in [-0.15, -0.1) is 0 Å². The van der Waals surface area contributed by atoms with E-state index < -0.39 is 0 Å². The molecule has 2 N–H and O–H groups in total. The van der Waals surface area contributed by atoms with Gasteiger partial charge in [0.05, 0.1) is 6.26 Å². The zero-order valence-electron chi connectivity index (χ0n) is 9.55. The van der Waals surface area contributed by atoms with Crippen molar-refractivity contribution in [2.24, 2.45) is 0 Å². The number of aryl methyl sites for hydroxylation is 1. The maximum Gasteiger partial charge on any atom is 0.105 e. The van der Waals surface area contributed by atoms with Crippen molar-refractivity contribution in [3.63, 3.8) is 0 Å². The summed E-state index contributed by atoms with van der Waals surface area (Å²) in [6.45, 7) is 6.17. The average molecular weight is 208 g/mol. The average Bonchev–Trinajstić information content (AvgIpc) is 2.96. The molecule has 0 bridgehead atoms. The number of furan rings is 1. The van der Waals surface area contributed by atoms with Crippen LogP contribution in [0.1, 0.15) is 31.1 Å². The molecule has 15 heavy (non-hydrogen) atoms. The summed E-state index contributed by atoms with van der Waals surface area (Å²) in [5, 5.41) is 7.00. The third-order valence-electron chi connectivity index (χ3n) is 2.90. The molecular weight excluding hydrogens is 188 g/mol. The van der Waals surface area contributed by atoms with Crippen LogP contribution in [0.4, 0.5) is 0 Å². The summed E-state index contributed by atoms with van der Waals surface area (Å²) in [4.78, 5) is 0. The lowest BCUT2D eigenvalue weighted by Gasteiger charge is -2.13. The van der Waals surface area contributed by atoms with E-state index in [0.717, 1.165) is 24.9 Å². The molecule has 0 radical (unpaired) electrons. The van der Waals surface area contributed by atoms with Gasteiger partial charge >= 0.3 is 0 Å². The first kappa shape index (κ1) is 10.7. The maximum atomic E-state index is 5.25. The normalized spacial score (nSPS) is 18.0. The SMILES string of the molecule is Cc1occc1CNC(C)CNC1CC1. The van der Waals surface area contributed by atoms with Crippen molar-refractivity contribution in [3.05, 3.63) is 23.7 Å². The first-order valence-corrected chi connectivity index (χ1v) is 5.75. The highest BCUT2D eigenvalue weighted by Crippen LogP contribution is 2.18. The second-order valence-electron chi connectivity index (χ2n) is 4.47. The van der Waals surface area contributed by atoms with Crippen LogP contribution < -0.4 is 10.6 Å². The van der Waals surface area contributed by atoms with Crippen molar-refractivity contribution < 1.29 is 4.42 Å². The summed E-state index contributed by atoms with van der Waals surface area (Å²) < 4.78 is 5.25. The zero-order chi connectivity index (χ0) is 10.7. The highest BCUT2D eigenvalue weighted by Gasteiger charge is 2.20. The predicted molar refractivity (Wildman–Crippen MR) is 60.8 cm³/mol. The Bertz CT molecular complexity index is 304. The lowest BCUT2D eigenvalue weighted by molar-refractivity contribution is 0.490. The van der Waals surface area contributed by atoms with E-state index >= 15 is 0 Å². The molecule has 0 aliphatic heterocycles. The quantitative estimate of drug-likeness (QED) is 0.748. The van der Waals surface area contributed by atoms with E-state index in [9.17, 15) is 0 Å². The minimum atomic E-state index is 0.514. The first-order valence-electron chi connectivity index (χ1n) is 5.75. The van der Waals surface area contributed by atoms with Crippen molar-refractivity contribution in [2.45, 2.75) is 45.3 Å². The number of hydrogen-bond donors (Lipinski definition) is 2. The van der Waals surface area contributed by atoms with Crippen LogP contribution in [0.5, 0.6) is 0 Å². The summed E-state index contributed by atoms with van der Waals surface area (Å²) in [5.41, 5.74) is 1.26. The first-order chi connectivity index (χ1) is 7.25. The predicted octanol–water partition coefficient (Wildman–Crippen LogP) is 1.82. The third-order valence-corrected chi connectivity index (χ3v) is 2.90. The van der Waals surface area contributed by atoms with Gasteiger partial charge in [0.15, 0.2) is 0 Å². The molecule has 0 amide bonds. The summed E-state index contributed by atoms with van der Waals surface area (Å²) in [6, 6.07) is 3.34. The minimum absolute atomic E-state index is 0.514. The van der Waals surface area contributed by atoms with Crippen LogP contribution in [-0.2, 0) is 6.54 Å². The number of rotatable bonds is 6. The fourth-order valence-corrected chi connectivity index (χ4v) is 1.58. The fourth-order valence-electron chi connectivity index (χ4n) is 1.58. The zero-order valence-corrected chi connectivity index (χ0v) is 9.55. The fraction of sp³-hybridized carbons (Fsp3) is 0.667. The molecule has 0 spiro atoms. The summed E-state index contributed by atoms with van der Waals surface area (Å²) >= 11 is 0. The summed E-state index contributed by atoms with van der Waals surface area (Å²) in [6.07, 6.45) is 4.46. The second-order valence-corrected chi connectivity index (χ2v) is 4.47. The molecule has 1 aromatic heterocycles. The van der Waals surface area contributed by atoms with Gasteiger partial charge in [-0.1, -0.05) is 0 Å². The van der Waals surface area contributed by atoms with E-state index in [0.29, 0.717) is 6.04 Å². The highest BCUT2D eigenvalue weighted by molar-refractivity contribution is 5.14. The van der Waals surface area contributed by atoms with Crippen LogP contribution in [0.2, 0.25) is 0 Å². The molecular formula is C12H20N2O. The van der Waals surface area contributed by atoms with Gasteiger partial charge in [0.1, 0.15) is 5.76 Å². The Morgan fingerprint density at radius 3 is 2.93 bits per heavy atom. The monoisotopic (exact) mass is 208 g/mol. The molecule has 0 aromatic carbocycles. The largest absolute Gasteiger partial charge is 0.469 e. The summed E-state index contributed by atoms with van der Waals surface area (Å²) in [5.74, 6) is 1.02. The molecule has 3 heteroatoms. The highest BCUT2D eigenvalue weighted by atomic mass is 16.3. The van der Waals surface area contributed by atoms with E-state index in [2.05, 4.69) is 17.6 Å². The van der Waals surface area contributed by atoms with Gasteiger partial charge in [-0.05, 0) is 32.8 Å². The van der Waals surface area contributed by atoms with Crippen molar-refractivity contribution in [2.75, 3.05) is 6.54 Å². The molecule has 1 aliphatic carbocycles. The molecule has 1 atom stereocenters. The van der Waals surface area contributed by atoms with Gasteiger partial charge in [-0.3, -0.25) is 0 Å². The van der Waals surface area contributed by atoms with E-state index in [1.807, 2.05) is 13.0 Å². The van der Waals surface area contributed by atoms with Crippen LogP contribution in [-0.4, -0.2) is 18.6 Å². The van der Waals surface area contributed by atoms with Crippen LogP contribution in [0.25, 0.3) is 0 Å². The van der Waals surface area contributed by atoms with E-state index in [-0.39, 0.29) is 0 Å². The van der Waals surface area contributed by atoms with E-state index in [1.165, 1.54) is 18.4 Å². The Morgan fingerprint density at radius 1 is 1.53 bits per heavy atom. The van der Waals surface area contributed by atoms with Gasteiger partial charge in [0, 0.05) is 30.7 Å². The molecule has 1 heterocycles. The van der Waals surface area contributed by atoms with Gasteiger partial charge in [0.2, 0.25) is 0 Å². The smallest absolute Gasteiger partial charge is 0.105 e. The Labute approximate surface area is 91.2 Å². The van der Waals surface area contributed by atoms with Crippen molar-refractivity contribution in [1.29, 1.82) is 0 Å². The minimum Gasteiger partial charge on any atom is -0.469 e. The standard InChI is InChI=1S/C12H20N2O/c1-9(7-14-12-3-4-12)13-8-11-5-6-15-10(11)2/h5-6,9,12-14H,3-4,7-8H2,1-2H3. The van der Waals surface area contributed by atoms with Crippen LogP contribution in [0, 0.1) is 6.92 Å². The third kappa shape index (κ3) is 3.36. The number of hydrogen-bond acceptors (Lipinski definition) is 3. The molecule has 1 fully saturated rings. The van der Waals surface area contributed by atoms with Gasteiger partial charge in [-0.25, -0.2) is 0 Å². The van der Waals surface area contributed by atoms with E-state index in [4.69, 9.17) is 4.42 Å². The molecule has 0 saturated heterocycles. The van der Waals surface area contributed by atoms with Gasteiger partial charge in [-0.2, -0.15) is 0 Å². The summed E-state index contributed by atoms with van der Waals surface area (Å²) in [7, 11) is 0. The lowest BCUT2D eigenvalue weighted by atomic mass is 10.2. The molecule has 1 unspecified atom stereocenters. The molecule has 1 aromatic rings. The Morgan fingerprint density at radius 2 is 2.33 bits per heavy atom. The maximum absolute atomic E-state index is 5.25. The molecule has 1 saturated carbocycles. The van der Waals surface area contributed by atoms with Crippen LogP contribution in [0.3, 0.4) is 0 Å².